The second kappa shape index (κ2) is 6.13. The molecule has 0 fully saturated rings. The van der Waals surface area contributed by atoms with Gasteiger partial charge in [-0.1, -0.05) is 6.92 Å². The molecule has 0 spiro atoms. The Kier molecular flexibility index (Phi) is 4.70. The lowest BCUT2D eigenvalue weighted by atomic mass is 10.1. The number of halogens is 4. The van der Waals surface area contributed by atoms with E-state index in [4.69, 9.17) is 0 Å². The number of nitrogens with zero attached hydrogens (tertiary/aromatic N) is 1. The Bertz CT molecular complexity index is 596. The zero-order valence-corrected chi connectivity index (χ0v) is 13.0. The maximum atomic E-state index is 12.9. The summed E-state index contributed by atoms with van der Waals surface area (Å²) < 4.78 is 39.6. The average Bonchev–Trinajstić information content (AvgIpc) is 2.81. The number of alkyl halides is 3. The van der Waals surface area contributed by atoms with Gasteiger partial charge in [0.2, 0.25) is 0 Å². The molecule has 0 unspecified atom stereocenters. The number of thiophene rings is 1. The van der Waals surface area contributed by atoms with E-state index in [0.717, 1.165) is 23.0 Å². The summed E-state index contributed by atoms with van der Waals surface area (Å²) in [6, 6.07) is 2.11. The van der Waals surface area contributed by atoms with E-state index in [9.17, 15) is 13.2 Å². The average molecular weight is 365 g/mol. The number of rotatable bonds is 4. The van der Waals surface area contributed by atoms with E-state index in [2.05, 4.69) is 26.2 Å². The van der Waals surface area contributed by atoms with Gasteiger partial charge in [-0.15, -0.1) is 0 Å². The first-order chi connectivity index (χ1) is 9.41. The first-order valence-corrected chi connectivity index (χ1v) is 7.70. The minimum absolute atomic E-state index is 0.245. The fourth-order valence-electron chi connectivity index (χ4n) is 1.64. The molecule has 7 heteroatoms. The van der Waals surface area contributed by atoms with Crippen molar-refractivity contribution in [3.05, 3.63) is 32.9 Å². The summed E-state index contributed by atoms with van der Waals surface area (Å²) in [5.41, 5.74) is 0.284. The minimum Gasteiger partial charge on any atom is -0.370 e. The van der Waals surface area contributed by atoms with Crippen molar-refractivity contribution in [3.8, 4) is 11.3 Å². The molecular formula is C13H12BrF3N2S. The molecule has 0 aliphatic heterocycles. The lowest BCUT2D eigenvalue weighted by Gasteiger charge is -2.12. The summed E-state index contributed by atoms with van der Waals surface area (Å²) in [4.78, 5) is 4.25. The smallest absolute Gasteiger partial charge is 0.370 e. The van der Waals surface area contributed by atoms with Crippen molar-refractivity contribution in [3.63, 3.8) is 0 Å². The predicted octanol–water partition coefficient (Wildman–Crippen LogP) is 5.41. The zero-order chi connectivity index (χ0) is 14.8. The number of hydrogen-bond acceptors (Lipinski definition) is 3. The standard InChI is InChI=1S/C13H12BrF3N2S/c1-2-3-18-12-5-8(13(15,16)17)4-11(19-12)9-6-20-7-10(9)14/h4-7H,2-3H2,1H3,(H,18,19). The Morgan fingerprint density at radius 1 is 1.30 bits per heavy atom. The first kappa shape index (κ1) is 15.3. The number of anilines is 1. The quantitative estimate of drug-likeness (QED) is 0.783. The zero-order valence-electron chi connectivity index (χ0n) is 10.6. The number of nitrogens with one attached hydrogen (secondary N) is 1. The molecule has 0 bridgehead atoms. The van der Waals surface area contributed by atoms with E-state index >= 15 is 0 Å². The Hall–Kier alpha value is -1.08. The van der Waals surface area contributed by atoms with Crippen LogP contribution in [0.25, 0.3) is 11.3 Å². The van der Waals surface area contributed by atoms with Gasteiger partial charge < -0.3 is 5.32 Å². The van der Waals surface area contributed by atoms with Crippen molar-refractivity contribution < 1.29 is 13.2 Å². The summed E-state index contributed by atoms with van der Waals surface area (Å²) in [5.74, 6) is 0.245. The molecule has 1 N–H and O–H groups in total. The number of hydrogen-bond donors (Lipinski definition) is 1. The molecule has 0 aliphatic rings. The van der Waals surface area contributed by atoms with E-state index < -0.39 is 11.7 Å². The van der Waals surface area contributed by atoms with E-state index in [-0.39, 0.29) is 5.82 Å². The third-order valence-electron chi connectivity index (χ3n) is 2.60. The van der Waals surface area contributed by atoms with E-state index in [1.54, 1.807) is 5.38 Å². The molecule has 0 saturated heterocycles. The molecule has 108 valence electrons. The first-order valence-electron chi connectivity index (χ1n) is 5.97. The highest BCUT2D eigenvalue weighted by Crippen LogP contribution is 2.36. The lowest BCUT2D eigenvalue weighted by Crippen LogP contribution is -2.09. The molecule has 0 atom stereocenters. The van der Waals surface area contributed by atoms with Gasteiger partial charge in [0.05, 0.1) is 11.3 Å². The SMILES string of the molecule is CCCNc1cc(C(F)(F)F)cc(-c2cscc2Br)n1. The van der Waals surface area contributed by atoms with Gasteiger partial charge in [0, 0.05) is 27.3 Å². The van der Waals surface area contributed by atoms with Crippen LogP contribution >= 0.6 is 27.3 Å². The number of pyridine rings is 1. The molecule has 0 aliphatic carbocycles. The van der Waals surface area contributed by atoms with Crippen molar-refractivity contribution >= 4 is 33.1 Å². The second-order valence-electron chi connectivity index (χ2n) is 4.18. The van der Waals surface area contributed by atoms with Gasteiger partial charge in [0.25, 0.3) is 0 Å². The molecule has 2 rings (SSSR count). The molecule has 0 aromatic carbocycles. The topological polar surface area (TPSA) is 24.9 Å². The van der Waals surface area contributed by atoms with Crippen molar-refractivity contribution in [1.82, 2.24) is 4.98 Å². The van der Waals surface area contributed by atoms with Crippen LogP contribution in [0.1, 0.15) is 18.9 Å². The number of aromatic nitrogens is 1. The van der Waals surface area contributed by atoms with Gasteiger partial charge in [-0.2, -0.15) is 24.5 Å². The highest BCUT2D eigenvalue weighted by Gasteiger charge is 2.32. The molecule has 0 radical (unpaired) electrons. The van der Waals surface area contributed by atoms with Gasteiger partial charge in [-0.05, 0) is 34.5 Å². The van der Waals surface area contributed by atoms with Crippen LogP contribution in [-0.4, -0.2) is 11.5 Å². The summed E-state index contributed by atoms with van der Waals surface area (Å²) >= 11 is 4.73. The van der Waals surface area contributed by atoms with Crippen LogP contribution < -0.4 is 5.32 Å². The van der Waals surface area contributed by atoms with Crippen LogP contribution in [-0.2, 0) is 6.18 Å². The van der Waals surface area contributed by atoms with Crippen molar-refractivity contribution in [1.29, 1.82) is 0 Å². The van der Waals surface area contributed by atoms with E-state index in [1.165, 1.54) is 11.3 Å². The summed E-state index contributed by atoms with van der Waals surface area (Å²) in [6.07, 6.45) is -3.57. The summed E-state index contributed by atoms with van der Waals surface area (Å²) in [6.45, 7) is 2.52. The van der Waals surface area contributed by atoms with Crippen LogP contribution in [0.15, 0.2) is 27.4 Å². The molecule has 0 amide bonds. The third-order valence-corrected chi connectivity index (χ3v) is 4.30. The maximum absolute atomic E-state index is 12.9. The molecule has 2 aromatic rings. The van der Waals surface area contributed by atoms with Gasteiger partial charge in [0.1, 0.15) is 5.82 Å². The molecule has 0 saturated carbocycles. The van der Waals surface area contributed by atoms with Crippen molar-refractivity contribution in [2.75, 3.05) is 11.9 Å². The fraction of sp³-hybridized carbons (Fsp3) is 0.308. The van der Waals surface area contributed by atoms with E-state index in [0.29, 0.717) is 17.8 Å². The second-order valence-corrected chi connectivity index (χ2v) is 5.78. The van der Waals surface area contributed by atoms with Crippen LogP contribution in [0.5, 0.6) is 0 Å². The van der Waals surface area contributed by atoms with E-state index in [1.807, 2.05) is 12.3 Å². The Labute approximate surface area is 127 Å². The van der Waals surface area contributed by atoms with Crippen molar-refractivity contribution in [2.45, 2.75) is 19.5 Å². The molecular weight excluding hydrogens is 353 g/mol. The molecule has 2 nitrogen and oxygen atoms in total. The molecule has 20 heavy (non-hydrogen) atoms. The van der Waals surface area contributed by atoms with Crippen LogP contribution in [0.2, 0.25) is 0 Å². The summed E-state index contributed by atoms with van der Waals surface area (Å²) in [7, 11) is 0. The predicted molar refractivity (Wildman–Crippen MR) is 79.0 cm³/mol. The van der Waals surface area contributed by atoms with Gasteiger partial charge in [0.15, 0.2) is 0 Å². The van der Waals surface area contributed by atoms with Gasteiger partial charge >= 0.3 is 6.18 Å². The highest BCUT2D eigenvalue weighted by atomic mass is 79.9. The Balaban J connectivity index is 2.48. The van der Waals surface area contributed by atoms with Gasteiger partial charge in [-0.25, -0.2) is 4.98 Å². The fourth-order valence-corrected chi connectivity index (χ4v) is 3.13. The van der Waals surface area contributed by atoms with Crippen LogP contribution in [0.3, 0.4) is 0 Å². The highest BCUT2D eigenvalue weighted by molar-refractivity contribution is 9.10. The summed E-state index contributed by atoms with van der Waals surface area (Å²) in [5, 5.41) is 6.50. The minimum atomic E-state index is -4.39. The van der Waals surface area contributed by atoms with Crippen LogP contribution in [0.4, 0.5) is 19.0 Å². The maximum Gasteiger partial charge on any atom is 0.416 e. The monoisotopic (exact) mass is 364 g/mol. The lowest BCUT2D eigenvalue weighted by molar-refractivity contribution is -0.137. The molecule has 2 heterocycles. The van der Waals surface area contributed by atoms with Gasteiger partial charge in [-0.3, -0.25) is 0 Å². The molecule has 2 aromatic heterocycles. The third kappa shape index (κ3) is 3.52. The van der Waals surface area contributed by atoms with Crippen molar-refractivity contribution in [2.24, 2.45) is 0 Å². The Morgan fingerprint density at radius 3 is 2.60 bits per heavy atom. The van der Waals surface area contributed by atoms with Crippen LogP contribution in [0, 0.1) is 0 Å². The Morgan fingerprint density at radius 2 is 2.05 bits per heavy atom. The normalized spacial score (nSPS) is 11.7. The largest absolute Gasteiger partial charge is 0.416 e.